The quantitative estimate of drug-likeness (QED) is 0.739. The normalized spacial score (nSPS) is 10.9. The molecule has 1 aromatic rings. The van der Waals surface area contributed by atoms with E-state index in [4.69, 9.17) is 5.73 Å². The highest BCUT2D eigenvalue weighted by Gasteiger charge is 2.03. The van der Waals surface area contributed by atoms with Crippen LogP contribution in [0.1, 0.15) is 25.3 Å². The molecule has 0 bridgehead atoms. The second kappa shape index (κ2) is 7.37. The molecule has 0 atom stereocenters. The van der Waals surface area contributed by atoms with Gasteiger partial charge in [0, 0.05) is 32.0 Å². The van der Waals surface area contributed by atoms with Gasteiger partial charge in [0.25, 0.3) is 0 Å². The second-order valence-corrected chi connectivity index (χ2v) is 3.77. The molecule has 2 N–H and O–H groups in total. The van der Waals surface area contributed by atoms with Gasteiger partial charge in [-0.15, -0.1) is 0 Å². The predicted octanol–water partition coefficient (Wildman–Crippen LogP) is 1.64. The molecule has 3 nitrogen and oxygen atoms in total. The molecule has 0 aliphatic heterocycles. The van der Waals surface area contributed by atoms with Crippen LogP contribution in [0.25, 0.3) is 0 Å². The maximum Gasteiger partial charge on any atom is 0.0271 e. The minimum atomic E-state index is 0.731. The summed E-state index contributed by atoms with van der Waals surface area (Å²) in [5, 5.41) is 0. The van der Waals surface area contributed by atoms with E-state index in [1.54, 1.807) is 0 Å². The molecule has 0 aliphatic carbocycles. The third-order valence-electron chi connectivity index (χ3n) is 2.43. The molecule has 1 rings (SSSR count). The van der Waals surface area contributed by atoms with E-state index < -0.39 is 0 Å². The largest absolute Gasteiger partial charge is 0.329 e. The molecule has 1 heterocycles. The first kappa shape index (κ1) is 12.1. The first-order valence-electron chi connectivity index (χ1n) is 5.68. The lowest BCUT2D eigenvalue weighted by atomic mass is 10.2. The first-order valence-corrected chi connectivity index (χ1v) is 5.68. The number of hydrogen-bond donors (Lipinski definition) is 1. The van der Waals surface area contributed by atoms with Gasteiger partial charge in [0.15, 0.2) is 0 Å². The smallest absolute Gasteiger partial charge is 0.0271 e. The minimum absolute atomic E-state index is 0.731. The zero-order valence-corrected chi connectivity index (χ0v) is 9.52. The maximum absolute atomic E-state index is 5.60. The van der Waals surface area contributed by atoms with E-state index in [0.717, 1.165) is 26.2 Å². The van der Waals surface area contributed by atoms with Gasteiger partial charge >= 0.3 is 0 Å². The van der Waals surface area contributed by atoms with Gasteiger partial charge in [-0.3, -0.25) is 9.88 Å². The Labute approximate surface area is 92.3 Å². The average molecular weight is 207 g/mol. The number of hydrogen-bond acceptors (Lipinski definition) is 3. The Balaban J connectivity index is 2.43. The van der Waals surface area contributed by atoms with Gasteiger partial charge < -0.3 is 5.73 Å². The molecule has 84 valence electrons. The zero-order valence-electron chi connectivity index (χ0n) is 9.52. The number of aromatic nitrogens is 1. The van der Waals surface area contributed by atoms with Gasteiger partial charge in [-0.05, 0) is 30.7 Å². The molecule has 3 heteroatoms. The Morgan fingerprint density at radius 2 is 2.00 bits per heavy atom. The van der Waals surface area contributed by atoms with Crippen LogP contribution >= 0.6 is 0 Å². The molecular formula is C12H21N3. The van der Waals surface area contributed by atoms with E-state index in [1.807, 2.05) is 12.4 Å². The molecule has 0 aromatic carbocycles. The lowest BCUT2D eigenvalue weighted by Crippen LogP contribution is -2.30. The summed E-state index contributed by atoms with van der Waals surface area (Å²) in [6.45, 7) is 6.04. The van der Waals surface area contributed by atoms with Crippen LogP contribution < -0.4 is 5.73 Å². The van der Waals surface area contributed by atoms with Gasteiger partial charge in [-0.2, -0.15) is 0 Å². The average Bonchev–Trinajstić information content (AvgIpc) is 2.28. The molecule has 0 fully saturated rings. The number of rotatable bonds is 7. The van der Waals surface area contributed by atoms with Crippen molar-refractivity contribution in [3.63, 3.8) is 0 Å². The summed E-state index contributed by atoms with van der Waals surface area (Å²) in [7, 11) is 0. The van der Waals surface area contributed by atoms with E-state index >= 15 is 0 Å². The number of nitrogens with zero attached hydrogens (tertiary/aromatic N) is 2. The predicted molar refractivity (Wildman–Crippen MR) is 63.5 cm³/mol. The summed E-state index contributed by atoms with van der Waals surface area (Å²) in [5.74, 6) is 0. The van der Waals surface area contributed by atoms with Gasteiger partial charge in [-0.1, -0.05) is 13.3 Å². The molecule has 0 saturated carbocycles. The summed E-state index contributed by atoms with van der Waals surface area (Å²) in [6, 6.07) is 4.13. The van der Waals surface area contributed by atoms with Crippen LogP contribution in [0.5, 0.6) is 0 Å². The lowest BCUT2D eigenvalue weighted by Gasteiger charge is -2.21. The van der Waals surface area contributed by atoms with Crippen molar-refractivity contribution >= 4 is 0 Å². The molecule has 0 aliphatic rings. The lowest BCUT2D eigenvalue weighted by molar-refractivity contribution is 0.268. The topological polar surface area (TPSA) is 42.1 Å². The Kier molecular flexibility index (Phi) is 5.97. The van der Waals surface area contributed by atoms with E-state index in [9.17, 15) is 0 Å². The SMILES string of the molecule is CCCCN(CCN)Cc1ccncc1. The highest BCUT2D eigenvalue weighted by atomic mass is 15.1. The first-order chi connectivity index (χ1) is 7.36. The summed E-state index contributed by atoms with van der Waals surface area (Å²) in [6.07, 6.45) is 6.16. The van der Waals surface area contributed by atoms with Crippen LogP contribution in [-0.4, -0.2) is 29.5 Å². The molecule has 0 amide bonds. The molecule has 0 spiro atoms. The fourth-order valence-electron chi connectivity index (χ4n) is 1.58. The van der Waals surface area contributed by atoms with Crippen molar-refractivity contribution in [3.05, 3.63) is 30.1 Å². The van der Waals surface area contributed by atoms with Crippen LogP contribution in [0.15, 0.2) is 24.5 Å². The summed E-state index contributed by atoms with van der Waals surface area (Å²) in [5.41, 5.74) is 6.92. The van der Waals surface area contributed by atoms with Crippen LogP contribution in [0.4, 0.5) is 0 Å². The van der Waals surface area contributed by atoms with E-state index in [1.165, 1.54) is 18.4 Å². The standard InChI is InChI=1S/C12H21N3/c1-2-3-9-15(10-6-13)11-12-4-7-14-8-5-12/h4-5,7-8H,2-3,6,9-11,13H2,1H3. The van der Waals surface area contributed by atoms with Gasteiger partial charge in [0.2, 0.25) is 0 Å². The Hall–Kier alpha value is -0.930. The van der Waals surface area contributed by atoms with Crippen molar-refractivity contribution in [3.8, 4) is 0 Å². The highest BCUT2D eigenvalue weighted by molar-refractivity contribution is 5.09. The third kappa shape index (κ3) is 4.91. The molecular weight excluding hydrogens is 186 g/mol. The highest BCUT2D eigenvalue weighted by Crippen LogP contribution is 2.04. The van der Waals surface area contributed by atoms with Crippen molar-refractivity contribution in [2.45, 2.75) is 26.3 Å². The van der Waals surface area contributed by atoms with Crippen molar-refractivity contribution in [2.24, 2.45) is 5.73 Å². The van der Waals surface area contributed by atoms with Crippen LogP contribution in [0.2, 0.25) is 0 Å². The monoisotopic (exact) mass is 207 g/mol. The second-order valence-electron chi connectivity index (χ2n) is 3.77. The van der Waals surface area contributed by atoms with Crippen molar-refractivity contribution in [1.29, 1.82) is 0 Å². The molecule has 0 unspecified atom stereocenters. The molecule has 15 heavy (non-hydrogen) atoms. The maximum atomic E-state index is 5.60. The fraction of sp³-hybridized carbons (Fsp3) is 0.583. The van der Waals surface area contributed by atoms with Gasteiger partial charge in [-0.25, -0.2) is 0 Å². The number of unbranched alkanes of at least 4 members (excludes halogenated alkanes) is 1. The van der Waals surface area contributed by atoms with Crippen LogP contribution in [-0.2, 0) is 6.54 Å². The number of nitrogens with two attached hydrogens (primary N) is 1. The Morgan fingerprint density at radius 3 is 2.60 bits per heavy atom. The third-order valence-corrected chi connectivity index (χ3v) is 2.43. The molecule has 0 saturated heterocycles. The van der Waals surface area contributed by atoms with Crippen molar-refractivity contribution < 1.29 is 0 Å². The molecule has 0 radical (unpaired) electrons. The van der Waals surface area contributed by atoms with Gasteiger partial charge in [0.05, 0.1) is 0 Å². The summed E-state index contributed by atoms with van der Waals surface area (Å²) in [4.78, 5) is 6.42. The van der Waals surface area contributed by atoms with Gasteiger partial charge in [0.1, 0.15) is 0 Å². The summed E-state index contributed by atoms with van der Waals surface area (Å²) < 4.78 is 0. The van der Waals surface area contributed by atoms with Crippen molar-refractivity contribution in [2.75, 3.05) is 19.6 Å². The Morgan fingerprint density at radius 1 is 1.27 bits per heavy atom. The van der Waals surface area contributed by atoms with E-state index in [-0.39, 0.29) is 0 Å². The fourth-order valence-corrected chi connectivity index (χ4v) is 1.58. The number of pyridine rings is 1. The zero-order chi connectivity index (χ0) is 10.9. The molecule has 1 aromatic heterocycles. The minimum Gasteiger partial charge on any atom is -0.329 e. The Bertz CT molecular complexity index is 248. The van der Waals surface area contributed by atoms with Crippen LogP contribution in [0, 0.1) is 0 Å². The summed E-state index contributed by atoms with van der Waals surface area (Å²) >= 11 is 0. The van der Waals surface area contributed by atoms with E-state index in [2.05, 4.69) is 28.9 Å². The van der Waals surface area contributed by atoms with E-state index in [0.29, 0.717) is 0 Å². The van der Waals surface area contributed by atoms with Crippen LogP contribution in [0.3, 0.4) is 0 Å². The van der Waals surface area contributed by atoms with Crippen molar-refractivity contribution in [1.82, 2.24) is 9.88 Å².